The van der Waals surface area contributed by atoms with E-state index in [1.54, 1.807) is 12.1 Å². The lowest BCUT2D eigenvalue weighted by Crippen LogP contribution is -1.95. The Hall–Kier alpha value is -2.36. The lowest BCUT2D eigenvalue weighted by Gasteiger charge is -1.99. The smallest absolute Gasteiger partial charge is 0.189 e. The van der Waals surface area contributed by atoms with Crippen LogP contribution in [0.2, 0.25) is 0 Å². The van der Waals surface area contributed by atoms with Crippen LogP contribution >= 0.6 is 0 Å². The van der Waals surface area contributed by atoms with Crippen LogP contribution in [0.15, 0.2) is 47.1 Å². The first kappa shape index (κ1) is 11.1. The summed E-state index contributed by atoms with van der Waals surface area (Å²) in [5, 5.41) is 9.42. The topological polar surface area (TPSA) is 50.4 Å². The molecular weight excluding hydrogens is 223 g/mol. The lowest BCUT2D eigenvalue weighted by molar-refractivity contribution is 0.104. The van der Waals surface area contributed by atoms with Crippen LogP contribution in [0.3, 0.4) is 0 Å². The number of benzene rings is 1. The van der Waals surface area contributed by atoms with Crippen molar-refractivity contribution in [1.82, 2.24) is 0 Å². The van der Waals surface area contributed by atoms with Gasteiger partial charge in [0.25, 0.3) is 0 Å². The number of carbonyl (C=O) groups is 1. The van der Waals surface area contributed by atoms with Crippen molar-refractivity contribution in [3.63, 3.8) is 0 Å². The fourth-order valence-corrected chi connectivity index (χ4v) is 1.34. The second kappa shape index (κ2) is 4.65. The summed E-state index contributed by atoms with van der Waals surface area (Å²) >= 11 is 0. The number of hydrogen-bond donors (Lipinski definition) is 1. The predicted octanol–water partition coefficient (Wildman–Crippen LogP) is 3.02. The minimum absolute atomic E-state index is 0.0761. The first-order chi connectivity index (χ1) is 8.16. The van der Waals surface area contributed by atoms with Crippen LogP contribution < -0.4 is 0 Å². The van der Waals surface area contributed by atoms with Crippen LogP contribution in [0.25, 0.3) is 6.08 Å². The molecule has 4 heteroatoms. The molecule has 1 heterocycles. The zero-order valence-corrected chi connectivity index (χ0v) is 8.76. The molecule has 86 valence electrons. The van der Waals surface area contributed by atoms with Crippen molar-refractivity contribution >= 4 is 11.9 Å². The monoisotopic (exact) mass is 232 g/mol. The number of rotatable bonds is 3. The van der Waals surface area contributed by atoms with E-state index in [4.69, 9.17) is 4.42 Å². The third-order valence-electron chi connectivity index (χ3n) is 2.17. The minimum atomic E-state index is -0.572. The number of aromatic hydroxyl groups is 1. The Kier molecular flexibility index (Phi) is 3.05. The van der Waals surface area contributed by atoms with Gasteiger partial charge >= 0.3 is 0 Å². The van der Waals surface area contributed by atoms with Crippen molar-refractivity contribution in [2.45, 2.75) is 0 Å². The van der Waals surface area contributed by atoms with Gasteiger partial charge in [0, 0.05) is 0 Å². The minimum Gasteiger partial charge on any atom is -0.507 e. The van der Waals surface area contributed by atoms with E-state index in [0.29, 0.717) is 5.76 Å². The zero-order valence-electron chi connectivity index (χ0n) is 8.76. The summed E-state index contributed by atoms with van der Waals surface area (Å²) in [6.45, 7) is 0. The maximum atomic E-state index is 12.9. The normalized spacial score (nSPS) is 10.9. The average molecular weight is 232 g/mol. The highest BCUT2D eigenvalue weighted by Crippen LogP contribution is 2.19. The molecule has 0 unspecified atom stereocenters. The molecule has 0 aliphatic rings. The molecule has 0 amide bonds. The third-order valence-corrected chi connectivity index (χ3v) is 2.17. The van der Waals surface area contributed by atoms with Gasteiger partial charge in [0.1, 0.15) is 17.3 Å². The average Bonchev–Trinajstić information content (AvgIpc) is 2.82. The molecule has 1 N–H and O–H groups in total. The predicted molar refractivity (Wildman–Crippen MR) is 60.1 cm³/mol. The number of carbonyl (C=O) groups excluding carboxylic acids is 1. The summed E-state index contributed by atoms with van der Waals surface area (Å²) in [7, 11) is 0. The number of furan rings is 1. The molecule has 17 heavy (non-hydrogen) atoms. The molecule has 0 atom stereocenters. The fraction of sp³-hybridized carbons (Fsp3) is 0. The molecule has 0 aliphatic heterocycles. The quantitative estimate of drug-likeness (QED) is 0.653. The summed E-state index contributed by atoms with van der Waals surface area (Å²) in [5.41, 5.74) is -0.0761. The summed E-state index contributed by atoms with van der Waals surface area (Å²) in [4.78, 5) is 11.7. The van der Waals surface area contributed by atoms with Gasteiger partial charge < -0.3 is 9.52 Å². The Morgan fingerprint density at radius 3 is 2.88 bits per heavy atom. The van der Waals surface area contributed by atoms with Crippen molar-refractivity contribution in [3.05, 3.63) is 59.8 Å². The second-order valence-corrected chi connectivity index (χ2v) is 3.37. The van der Waals surface area contributed by atoms with Gasteiger partial charge in [0.15, 0.2) is 5.78 Å². The van der Waals surface area contributed by atoms with Crippen molar-refractivity contribution in [2.24, 2.45) is 0 Å². The van der Waals surface area contributed by atoms with Crippen molar-refractivity contribution in [3.8, 4) is 5.75 Å². The molecule has 0 saturated heterocycles. The Labute approximate surface area is 96.8 Å². The molecular formula is C13H9FO3. The molecule has 0 fully saturated rings. The molecule has 0 bridgehead atoms. The van der Waals surface area contributed by atoms with Gasteiger partial charge in [0.05, 0.1) is 11.8 Å². The van der Waals surface area contributed by atoms with E-state index in [1.807, 2.05) is 0 Å². The largest absolute Gasteiger partial charge is 0.507 e. The van der Waals surface area contributed by atoms with Gasteiger partial charge in [-0.05, 0) is 42.5 Å². The van der Waals surface area contributed by atoms with Crippen LogP contribution in [-0.2, 0) is 0 Å². The van der Waals surface area contributed by atoms with Crippen LogP contribution in [0.4, 0.5) is 4.39 Å². The Balaban J connectivity index is 2.23. The van der Waals surface area contributed by atoms with Crippen molar-refractivity contribution < 1.29 is 18.7 Å². The van der Waals surface area contributed by atoms with Crippen LogP contribution in [0.1, 0.15) is 16.1 Å². The number of ketones is 1. The molecule has 3 nitrogen and oxygen atoms in total. The maximum Gasteiger partial charge on any atom is 0.189 e. The third kappa shape index (κ3) is 2.60. The lowest BCUT2D eigenvalue weighted by atomic mass is 10.1. The molecule has 0 aliphatic carbocycles. The molecule has 2 rings (SSSR count). The maximum absolute atomic E-state index is 12.9. The van der Waals surface area contributed by atoms with Gasteiger partial charge in [0.2, 0.25) is 0 Å². The first-order valence-electron chi connectivity index (χ1n) is 4.91. The first-order valence-corrected chi connectivity index (χ1v) is 4.91. The Morgan fingerprint density at radius 2 is 2.18 bits per heavy atom. The molecule has 1 aromatic heterocycles. The van der Waals surface area contributed by atoms with Crippen LogP contribution in [0, 0.1) is 5.82 Å². The second-order valence-electron chi connectivity index (χ2n) is 3.37. The van der Waals surface area contributed by atoms with Gasteiger partial charge in [-0.3, -0.25) is 4.79 Å². The van der Waals surface area contributed by atoms with Crippen molar-refractivity contribution in [2.75, 3.05) is 0 Å². The summed E-state index contributed by atoms with van der Waals surface area (Å²) in [5.74, 6) is -0.800. The summed E-state index contributed by atoms with van der Waals surface area (Å²) < 4.78 is 17.9. The van der Waals surface area contributed by atoms with Gasteiger partial charge in [-0.15, -0.1) is 0 Å². The highest BCUT2D eigenvalue weighted by Gasteiger charge is 2.09. The number of allylic oxidation sites excluding steroid dienone is 1. The molecule has 1 aromatic carbocycles. The molecule has 0 saturated carbocycles. The molecule has 2 aromatic rings. The molecule has 0 radical (unpaired) electrons. The Bertz CT molecular complexity index is 556. The number of halogens is 1. The van der Waals surface area contributed by atoms with E-state index in [0.717, 1.165) is 18.2 Å². The number of phenols is 1. The SMILES string of the molecule is O=C(/C=C/c1ccco1)c1cc(F)ccc1O. The van der Waals surface area contributed by atoms with Gasteiger partial charge in [-0.1, -0.05) is 0 Å². The highest BCUT2D eigenvalue weighted by molar-refractivity contribution is 6.08. The van der Waals surface area contributed by atoms with Crippen molar-refractivity contribution in [1.29, 1.82) is 0 Å². The summed E-state index contributed by atoms with van der Waals surface area (Å²) in [6.07, 6.45) is 4.14. The van der Waals surface area contributed by atoms with E-state index in [2.05, 4.69) is 0 Å². The molecule has 0 spiro atoms. The zero-order chi connectivity index (χ0) is 12.3. The summed E-state index contributed by atoms with van der Waals surface area (Å²) in [6, 6.07) is 6.58. The van der Waals surface area contributed by atoms with Gasteiger partial charge in [-0.25, -0.2) is 4.39 Å². The van der Waals surface area contributed by atoms with Crippen LogP contribution in [-0.4, -0.2) is 10.9 Å². The number of hydrogen-bond acceptors (Lipinski definition) is 3. The van der Waals surface area contributed by atoms with E-state index in [9.17, 15) is 14.3 Å². The van der Waals surface area contributed by atoms with E-state index in [1.165, 1.54) is 18.4 Å². The standard InChI is InChI=1S/C13H9FO3/c14-9-3-5-12(15)11(8-9)13(16)6-4-10-2-1-7-17-10/h1-8,15H/b6-4+. The van der Waals surface area contributed by atoms with E-state index < -0.39 is 11.6 Å². The fourth-order valence-electron chi connectivity index (χ4n) is 1.34. The van der Waals surface area contributed by atoms with E-state index >= 15 is 0 Å². The number of phenolic OH excluding ortho intramolecular Hbond substituents is 1. The van der Waals surface area contributed by atoms with E-state index in [-0.39, 0.29) is 11.3 Å². The van der Waals surface area contributed by atoms with Crippen LogP contribution in [0.5, 0.6) is 5.75 Å². The Morgan fingerprint density at radius 1 is 1.35 bits per heavy atom. The highest BCUT2D eigenvalue weighted by atomic mass is 19.1. The van der Waals surface area contributed by atoms with Gasteiger partial charge in [-0.2, -0.15) is 0 Å².